The predicted molar refractivity (Wildman–Crippen MR) is 127 cm³/mol. The van der Waals surface area contributed by atoms with Crippen molar-refractivity contribution in [2.75, 3.05) is 5.75 Å². The molecule has 0 aliphatic heterocycles. The molecule has 0 atom stereocenters. The molecule has 0 N–H and O–H groups in total. The van der Waals surface area contributed by atoms with Gasteiger partial charge in [-0.05, 0) is 39.3 Å². The number of rotatable bonds is 8. The Morgan fingerprint density at radius 2 is 1.63 bits per heavy atom. The Kier molecular flexibility index (Phi) is 7.72. The van der Waals surface area contributed by atoms with Crippen molar-refractivity contribution in [2.45, 2.75) is 51.5 Å². The number of amides is 1. The number of thioether (sulfide) groups is 1. The number of hydrogen-bond donors (Lipinski definition) is 0. The van der Waals surface area contributed by atoms with Crippen LogP contribution in [-0.2, 0) is 11.3 Å². The summed E-state index contributed by atoms with van der Waals surface area (Å²) in [6.07, 6.45) is 0. The van der Waals surface area contributed by atoms with Crippen LogP contribution in [0, 0.1) is 0 Å². The van der Waals surface area contributed by atoms with Gasteiger partial charge in [-0.2, -0.15) is 0 Å². The topological polar surface area (TPSA) is 51.0 Å². The van der Waals surface area contributed by atoms with Gasteiger partial charge in [-0.3, -0.25) is 9.36 Å². The van der Waals surface area contributed by atoms with E-state index in [0.29, 0.717) is 12.3 Å². The minimum absolute atomic E-state index is 0.113. The maximum atomic E-state index is 12.8. The molecule has 0 saturated heterocycles. The minimum Gasteiger partial charge on any atom is -0.337 e. The van der Waals surface area contributed by atoms with Crippen LogP contribution in [-0.4, -0.2) is 43.4 Å². The van der Waals surface area contributed by atoms with Crippen LogP contribution in [0.4, 0.5) is 0 Å². The van der Waals surface area contributed by atoms with Gasteiger partial charge < -0.3 is 4.90 Å². The zero-order valence-electron chi connectivity index (χ0n) is 17.7. The van der Waals surface area contributed by atoms with Crippen LogP contribution >= 0.6 is 27.7 Å². The first kappa shape index (κ1) is 22.6. The predicted octanol–water partition coefficient (Wildman–Crippen LogP) is 5.49. The summed E-state index contributed by atoms with van der Waals surface area (Å²) in [5, 5.41) is 9.65. The maximum Gasteiger partial charge on any atom is 0.233 e. The van der Waals surface area contributed by atoms with Crippen LogP contribution in [0.2, 0.25) is 0 Å². The smallest absolute Gasteiger partial charge is 0.233 e. The summed E-state index contributed by atoms with van der Waals surface area (Å²) in [5.74, 6) is 1.23. The van der Waals surface area contributed by atoms with E-state index in [-0.39, 0.29) is 18.0 Å². The van der Waals surface area contributed by atoms with Gasteiger partial charge in [0.1, 0.15) is 0 Å². The summed E-state index contributed by atoms with van der Waals surface area (Å²) in [6, 6.07) is 18.5. The number of carbonyl (C=O) groups excluding carboxylic acids is 1. The molecule has 3 aromatic rings. The first-order valence-electron chi connectivity index (χ1n) is 10.0. The molecule has 1 aromatic heterocycles. The average Bonchev–Trinajstić information content (AvgIpc) is 3.09. The lowest BCUT2D eigenvalue weighted by atomic mass is 10.2. The molecule has 5 nitrogen and oxygen atoms in total. The molecular weight excluding hydrogens is 460 g/mol. The van der Waals surface area contributed by atoms with Crippen molar-refractivity contribution in [1.82, 2.24) is 19.7 Å². The SMILES string of the molecule is CC(C)N(C(=O)CSc1nnc(-c2ccccc2Br)n1Cc1ccccc1)C(C)C. The normalized spacial score (nSPS) is 11.3. The van der Waals surface area contributed by atoms with Gasteiger partial charge in [0.05, 0.1) is 12.3 Å². The van der Waals surface area contributed by atoms with E-state index in [1.54, 1.807) is 0 Å². The van der Waals surface area contributed by atoms with Gasteiger partial charge in [-0.15, -0.1) is 10.2 Å². The molecule has 0 saturated carbocycles. The Morgan fingerprint density at radius 3 is 2.27 bits per heavy atom. The van der Waals surface area contributed by atoms with Crippen LogP contribution in [0.3, 0.4) is 0 Å². The van der Waals surface area contributed by atoms with Crippen molar-refractivity contribution >= 4 is 33.6 Å². The van der Waals surface area contributed by atoms with Crippen molar-refractivity contribution in [3.8, 4) is 11.4 Å². The lowest BCUT2D eigenvalue weighted by Gasteiger charge is -2.30. The molecule has 1 heterocycles. The molecule has 0 unspecified atom stereocenters. The molecule has 0 radical (unpaired) electrons. The molecule has 0 fully saturated rings. The summed E-state index contributed by atoms with van der Waals surface area (Å²) in [6.45, 7) is 8.83. The second-order valence-electron chi connectivity index (χ2n) is 7.63. The van der Waals surface area contributed by atoms with Crippen LogP contribution in [0.25, 0.3) is 11.4 Å². The fourth-order valence-corrected chi connectivity index (χ4v) is 4.79. The second kappa shape index (κ2) is 10.3. The minimum atomic E-state index is 0.113. The Hall–Kier alpha value is -2.12. The highest BCUT2D eigenvalue weighted by molar-refractivity contribution is 9.10. The van der Waals surface area contributed by atoms with Crippen LogP contribution in [0.5, 0.6) is 0 Å². The molecule has 0 bridgehead atoms. The van der Waals surface area contributed by atoms with E-state index < -0.39 is 0 Å². The zero-order chi connectivity index (χ0) is 21.7. The highest BCUT2D eigenvalue weighted by atomic mass is 79.9. The van der Waals surface area contributed by atoms with Crippen molar-refractivity contribution in [3.63, 3.8) is 0 Å². The summed E-state index contributed by atoms with van der Waals surface area (Å²) in [5.41, 5.74) is 2.13. The van der Waals surface area contributed by atoms with Gasteiger partial charge in [0.2, 0.25) is 5.91 Å². The highest BCUT2D eigenvalue weighted by Crippen LogP contribution is 2.30. The number of benzene rings is 2. The highest BCUT2D eigenvalue weighted by Gasteiger charge is 2.22. The maximum absolute atomic E-state index is 12.8. The largest absolute Gasteiger partial charge is 0.337 e. The zero-order valence-corrected chi connectivity index (χ0v) is 20.2. The third-order valence-corrected chi connectivity index (χ3v) is 6.38. The first-order chi connectivity index (χ1) is 14.4. The molecule has 2 aromatic carbocycles. The van der Waals surface area contributed by atoms with Crippen molar-refractivity contribution < 1.29 is 4.79 Å². The Labute approximate surface area is 191 Å². The molecule has 0 aliphatic carbocycles. The van der Waals surface area contributed by atoms with Crippen molar-refractivity contribution in [3.05, 3.63) is 64.6 Å². The van der Waals surface area contributed by atoms with Crippen LogP contribution in [0.15, 0.2) is 64.2 Å². The standard InChI is InChI=1S/C23H27BrN4OS/c1-16(2)28(17(3)4)21(29)15-30-23-26-25-22(19-12-8-9-13-20(19)24)27(23)14-18-10-6-5-7-11-18/h5-13,16-17H,14-15H2,1-4H3. The van der Waals surface area contributed by atoms with Crippen molar-refractivity contribution in [1.29, 1.82) is 0 Å². The van der Waals surface area contributed by atoms with E-state index in [1.807, 2.05) is 75.1 Å². The fraction of sp³-hybridized carbons (Fsp3) is 0.348. The van der Waals surface area contributed by atoms with E-state index in [2.05, 4.69) is 42.8 Å². The fourth-order valence-electron chi connectivity index (χ4n) is 3.52. The quantitative estimate of drug-likeness (QED) is 0.394. The molecule has 3 rings (SSSR count). The van der Waals surface area contributed by atoms with E-state index in [0.717, 1.165) is 26.6 Å². The molecule has 30 heavy (non-hydrogen) atoms. The first-order valence-corrected chi connectivity index (χ1v) is 11.8. The molecular formula is C23H27BrN4OS. The number of carbonyl (C=O) groups is 1. The molecule has 1 amide bonds. The molecule has 0 spiro atoms. The van der Waals surface area contributed by atoms with E-state index in [4.69, 9.17) is 0 Å². The lowest BCUT2D eigenvalue weighted by Crippen LogP contribution is -2.43. The summed E-state index contributed by atoms with van der Waals surface area (Å²) < 4.78 is 3.05. The lowest BCUT2D eigenvalue weighted by molar-refractivity contribution is -0.131. The Balaban J connectivity index is 1.91. The van der Waals surface area contributed by atoms with Gasteiger partial charge >= 0.3 is 0 Å². The summed E-state index contributed by atoms with van der Waals surface area (Å²) in [7, 11) is 0. The van der Waals surface area contributed by atoms with Gasteiger partial charge in [0, 0.05) is 22.1 Å². The third kappa shape index (κ3) is 5.32. The van der Waals surface area contributed by atoms with Crippen LogP contribution in [0.1, 0.15) is 33.3 Å². The number of hydrogen-bond acceptors (Lipinski definition) is 4. The van der Waals surface area contributed by atoms with E-state index in [1.165, 1.54) is 11.8 Å². The molecule has 158 valence electrons. The van der Waals surface area contributed by atoms with E-state index in [9.17, 15) is 4.79 Å². The third-order valence-electron chi connectivity index (χ3n) is 4.74. The van der Waals surface area contributed by atoms with Gasteiger partial charge in [0.15, 0.2) is 11.0 Å². The average molecular weight is 487 g/mol. The molecule has 0 aliphatic rings. The number of aromatic nitrogens is 3. The Bertz CT molecular complexity index is 980. The Morgan fingerprint density at radius 1 is 1.00 bits per heavy atom. The number of nitrogens with zero attached hydrogens (tertiary/aromatic N) is 4. The van der Waals surface area contributed by atoms with Gasteiger partial charge in [-0.25, -0.2) is 0 Å². The van der Waals surface area contributed by atoms with E-state index >= 15 is 0 Å². The van der Waals surface area contributed by atoms with Gasteiger partial charge in [0.25, 0.3) is 0 Å². The van der Waals surface area contributed by atoms with Crippen LogP contribution < -0.4 is 0 Å². The van der Waals surface area contributed by atoms with Crippen molar-refractivity contribution in [2.24, 2.45) is 0 Å². The summed E-state index contributed by atoms with van der Waals surface area (Å²) >= 11 is 5.07. The number of halogens is 1. The van der Waals surface area contributed by atoms with Gasteiger partial charge in [-0.1, -0.05) is 76.2 Å². The molecule has 7 heteroatoms. The monoisotopic (exact) mass is 486 g/mol. The summed E-state index contributed by atoms with van der Waals surface area (Å²) in [4.78, 5) is 14.8. The second-order valence-corrected chi connectivity index (χ2v) is 9.43.